The maximum Gasteiger partial charge on any atom is 0.173 e. The van der Waals surface area contributed by atoms with Crippen molar-refractivity contribution in [3.63, 3.8) is 0 Å². The Morgan fingerprint density at radius 2 is 1.68 bits per heavy atom. The van der Waals surface area contributed by atoms with Gasteiger partial charge in [0.25, 0.3) is 0 Å². The molecular weight excluding hydrogens is 426 g/mol. The molecule has 0 aromatic heterocycles. The summed E-state index contributed by atoms with van der Waals surface area (Å²) in [4.78, 5) is 15.7. The summed E-state index contributed by atoms with van der Waals surface area (Å²) in [7, 11) is 5.76. The molecule has 3 aromatic rings. The Kier molecular flexibility index (Phi) is 7.53. The second-order valence-electron chi connectivity index (χ2n) is 8.96. The predicted molar refractivity (Wildman–Crippen MR) is 134 cm³/mol. The van der Waals surface area contributed by atoms with Crippen molar-refractivity contribution in [1.29, 1.82) is 0 Å². The van der Waals surface area contributed by atoms with Crippen LogP contribution in [0, 0.1) is 5.92 Å². The number of nitrogens with zero attached hydrogens (tertiary/aromatic N) is 1. The quantitative estimate of drug-likeness (QED) is 0.386. The third kappa shape index (κ3) is 5.26. The fraction of sp³-hybridized carbons (Fsp3) is 0.345. The van der Waals surface area contributed by atoms with Crippen LogP contribution in [0.3, 0.4) is 0 Å². The van der Waals surface area contributed by atoms with E-state index in [9.17, 15) is 4.79 Å². The van der Waals surface area contributed by atoms with E-state index in [1.165, 1.54) is 0 Å². The zero-order chi connectivity index (χ0) is 24.1. The molecule has 0 amide bonds. The molecule has 3 unspecified atom stereocenters. The number of hydrogen-bond acceptors (Lipinski definition) is 5. The molecule has 1 aliphatic heterocycles. The summed E-state index contributed by atoms with van der Waals surface area (Å²) in [5, 5.41) is 0. The van der Waals surface area contributed by atoms with Crippen LogP contribution >= 0.6 is 0 Å². The molecule has 0 fully saturated rings. The van der Waals surface area contributed by atoms with Crippen molar-refractivity contribution in [1.82, 2.24) is 4.90 Å². The fourth-order valence-electron chi connectivity index (χ4n) is 4.43. The van der Waals surface area contributed by atoms with Gasteiger partial charge >= 0.3 is 0 Å². The summed E-state index contributed by atoms with van der Waals surface area (Å²) in [5.41, 5.74) is 2.68. The van der Waals surface area contributed by atoms with Gasteiger partial charge in [-0.15, -0.1) is 0 Å². The lowest BCUT2D eigenvalue weighted by atomic mass is 9.84. The van der Waals surface area contributed by atoms with Gasteiger partial charge in [-0.05, 0) is 62.0 Å². The lowest BCUT2D eigenvalue weighted by Crippen LogP contribution is -2.31. The van der Waals surface area contributed by atoms with Crippen LogP contribution in [0.1, 0.15) is 53.5 Å². The summed E-state index contributed by atoms with van der Waals surface area (Å²) in [6.45, 7) is 2.93. The van der Waals surface area contributed by atoms with Crippen LogP contribution in [-0.4, -0.2) is 38.4 Å². The number of fused-ring (bicyclic) bond motifs is 1. The smallest absolute Gasteiger partial charge is 0.173 e. The van der Waals surface area contributed by atoms with Crippen molar-refractivity contribution >= 4 is 5.78 Å². The van der Waals surface area contributed by atoms with Gasteiger partial charge in [0.05, 0.1) is 18.6 Å². The molecule has 178 valence electrons. The minimum absolute atomic E-state index is 0.0968. The Balaban J connectivity index is 1.59. The van der Waals surface area contributed by atoms with Crippen LogP contribution < -0.4 is 14.2 Å². The molecule has 3 aromatic carbocycles. The van der Waals surface area contributed by atoms with Gasteiger partial charge in [-0.25, -0.2) is 0 Å². The number of benzene rings is 3. The molecule has 0 saturated carbocycles. The highest BCUT2D eigenvalue weighted by Crippen LogP contribution is 2.42. The van der Waals surface area contributed by atoms with Crippen LogP contribution in [0.2, 0.25) is 0 Å². The first-order chi connectivity index (χ1) is 16.5. The molecule has 0 radical (unpaired) electrons. The van der Waals surface area contributed by atoms with Gasteiger partial charge in [-0.1, -0.05) is 49.4 Å². The van der Waals surface area contributed by atoms with Crippen molar-refractivity contribution in [3.8, 4) is 17.2 Å². The van der Waals surface area contributed by atoms with E-state index in [-0.39, 0.29) is 23.9 Å². The van der Waals surface area contributed by atoms with Gasteiger partial charge in [0.2, 0.25) is 0 Å². The SMILES string of the molecule is CCC1C(=O)c2cc(OC(CCN(C)C)c3ccccc3)ccc2OC1c1ccc(OC)cc1. The maximum atomic E-state index is 13.5. The average Bonchev–Trinajstić information content (AvgIpc) is 2.87. The van der Waals surface area contributed by atoms with Crippen molar-refractivity contribution < 1.29 is 19.0 Å². The van der Waals surface area contributed by atoms with E-state index in [4.69, 9.17) is 14.2 Å². The molecule has 0 N–H and O–H groups in total. The highest BCUT2D eigenvalue weighted by atomic mass is 16.5. The van der Waals surface area contributed by atoms with Crippen LogP contribution in [-0.2, 0) is 0 Å². The first-order valence-corrected chi connectivity index (χ1v) is 11.8. The second kappa shape index (κ2) is 10.7. The molecule has 3 atom stereocenters. The number of carbonyl (C=O) groups is 1. The first-order valence-electron chi connectivity index (χ1n) is 11.8. The monoisotopic (exact) mass is 459 g/mol. The van der Waals surface area contributed by atoms with Crippen molar-refractivity contribution in [2.45, 2.75) is 32.0 Å². The predicted octanol–water partition coefficient (Wildman–Crippen LogP) is 6.11. The van der Waals surface area contributed by atoms with Gasteiger partial charge in [-0.3, -0.25) is 4.79 Å². The molecule has 0 bridgehead atoms. The van der Waals surface area contributed by atoms with Gasteiger partial charge in [0, 0.05) is 13.0 Å². The van der Waals surface area contributed by atoms with E-state index in [2.05, 4.69) is 31.1 Å². The van der Waals surface area contributed by atoms with Crippen LogP contribution in [0.15, 0.2) is 72.8 Å². The van der Waals surface area contributed by atoms with Gasteiger partial charge in [0.15, 0.2) is 5.78 Å². The Labute approximate surface area is 202 Å². The Morgan fingerprint density at radius 3 is 2.32 bits per heavy atom. The standard InChI is InChI=1S/C29H33NO4/c1-5-24-28(31)25-19-23(33-26(17-18-30(2)3)20-9-7-6-8-10-20)15-16-27(25)34-29(24)21-11-13-22(32-4)14-12-21/h6-16,19,24,26,29H,5,17-18H2,1-4H3. The highest BCUT2D eigenvalue weighted by molar-refractivity contribution is 6.02. The Hall–Kier alpha value is -3.31. The molecule has 0 spiro atoms. The fourth-order valence-corrected chi connectivity index (χ4v) is 4.43. The number of Topliss-reactive ketones (excluding diaryl/α,β-unsaturated/α-hetero) is 1. The minimum Gasteiger partial charge on any atom is -0.497 e. The van der Waals surface area contributed by atoms with Crippen LogP contribution in [0.25, 0.3) is 0 Å². The lowest BCUT2D eigenvalue weighted by molar-refractivity contribution is 0.0645. The average molecular weight is 460 g/mol. The molecular formula is C29H33NO4. The summed E-state index contributed by atoms with van der Waals surface area (Å²) >= 11 is 0. The largest absolute Gasteiger partial charge is 0.497 e. The second-order valence-corrected chi connectivity index (χ2v) is 8.96. The Morgan fingerprint density at radius 1 is 0.971 bits per heavy atom. The molecule has 1 aliphatic rings. The zero-order valence-electron chi connectivity index (χ0n) is 20.4. The van der Waals surface area contributed by atoms with Crippen molar-refractivity contribution in [2.24, 2.45) is 5.92 Å². The van der Waals surface area contributed by atoms with Crippen molar-refractivity contribution in [3.05, 3.63) is 89.5 Å². The molecule has 1 heterocycles. The molecule has 5 nitrogen and oxygen atoms in total. The summed E-state index contributed by atoms with van der Waals surface area (Å²) in [5.74, 6) is 1.91. The third-order valence-corrected chi connectivity index (χ3v) is 6.35. The summed E-state index contributed by atoms with van der Waals surface area (Å²) < 4.78 is 18.1. The van der Waals surface area contributed by atoms with E-state index in [1.54, 1.807) is 7.11 Å². The minimum atomic E-state index is -0.320. The van der Waals surface area contributed by atoms with Gasteiger partial charge in [-0.2, -0.15) is 0 Å². The molecule has 4 rings (SSSR count). The zero-order valence-corrected chi connectivity index (χ0v) is 20.4. The van der Waals surface area contributed by atoms with E-state index in [0.29, 0.717) is 23.5 Å². The van der Waals surface area contributed by atoms with E-state index >= 15 is 0 Å². The number of ketones is 1. The van der Waals surface area contributed by atoms with Crippen LogP contribution in [0.4, 0.5) is 0 Å². The van der Waals surface area contributed by atoms with Gasteiger partial charge in [0.1, 0.15) is 29.5 Å². The summed E-state index contributed by atoms with van der Waals surface area (Å²) in [6, 6.07) is 23.6. The van der Waals surface area contributed by atoms with Gasteiger partial charge < -0.3 is 19.1 Å². The number of ether oxygens (including phenoxy) is 3. The van der Waals surface area contributed by atoms with E-state index < -0.39 is 0 Å². The number of methoxy groups -OCH3 is 1. The highest BCUT2D eigenvalue weighted by Gasteiger charge is 2.37. The van der Waals surface area contributed by atoms with Crippen molar-refractivity contribution in [2.75, 3.05) is 27.7 Å². The molecule has 34 heavy (non-hydrogen) atoms. The number of rotatable bonds is 9. The normalized spacial score (nSPS) is 18.2. The van der Waals surface area contributed by atoms with Crippen LogP contribution in [0.5, 0.6) is 17.2 Å². The summed E-state index contributed by atoms with van der Waals surface area (Å²) in [6.07, 6.45) is 1.11. The lowest BCUT2D eigenvalue weighted by Gasteiger charge is -2.33. The van der Waals surface area contributed by atoms with E-state index in [1.807, 2.05) is 67.6 Å². The maximum absolute atomic E-state index is 13.5. The molecule has 5 heteroatoms. The number of carbonyl (C=O) groups excluding carboxylic acids is 1. The third-order valence-electron chi connectivity index (χ3n) is 6.35. The molecule has 0 saturated heterocycles. The number of hydrogen-bond donors (Lipinski definition) is 0. The van der Waals surface area contributed by atoms with E-state index in [0.717, 1.165) is 29.8 Å². The Bertz CT molecular complexity index is 1090. The first kappa shape index (κ1) is 23.8. The molecule has 0 aliphatic carbocycles. The topological polar surface area (TPSA) is 48.0 Å².